The molecule has 28 heavy (non-hydrogen) atoms. The zero-order chi connectivity index (χ0) is 19.7. The van der Waals surface area contributed by atoms with E-state index in [0.29, 0.717) is 18.2 Å². The van der Waals surface area contributed by atoms with Gasteiger partial charge in [-0.3, -0.25) is 9.89 Å². The first kappa shape index (κ1) is 19.1. The number of aromatic amines is 1. The van der Waals surface area contributed by atoms with Crippen LogP contribution >= 0.6 is 0 Å². The molecule has 2 aliphatic heterocycles. The van der Waals surface area contributed by atoms with E-state index in [1.807, 2.05) is 17.0 Å². The molecule has 1 amide bonds. The van der Waals surface area contributed by atoms with E-state index in [1.54, 1.807) is 12.1 Å². The summed E-state index contributed by atoms with van der Waals surface area (Å²) in [6.07, 6.45) is 4.39. The highest BCUT2D eigenvalue weighted by Crippen LogP contribution is 2.36. The van der Waals surface area contributed by atoms with Crippen LogP contribution in [-0.4, -0.2) is 46.2 Å². The molecule has 2 N–H and O–H groups in total. The predicted octanol–water partition coefficient (Wildman–Crippen LogP) is 3.81. The molecular formula is C22H29FN4O. The molecule has 0 aliphatic carbocycles. The first-order valence-corrected chi connectivity index (χ1v) is 10.4. The van der Waals surface area contributed by atoms with Crippen molar-refractivity contribution in [3.8, 4) is 0 Å². The Morgan fingerprint density at radius 2 is 2.11 bits per heavy atom. The van der Waals surface area contributed by atoms with Crippen LogP contribution in [0.5, 0.6) is 0 Å². The van der Waals surface area contributed by atoms with E-state index in [1.165, 1.54) is 12.5 Å². The highest BCUT2D eigenvalue weighted by molar-refractivity contribution is 5.93. The average Bonchev–Trinajstić information content (AvgIpc) is 3.26. The van der Waals surface area contributed by atoms with Gasteiger partial charge in [-0.05, 0) is 49.1 Å². The third-order valence-electron chi connectivity index (χ3n) is 6.17. The van der Waals surface area contributed by atoms with Crippen molar-refractivity contribution in [1.29, 1.82) is 0 Å². The molecule has 4 rings (SSSR count). The maximum Gasteiger partial charge on any atom is 0.274 e. The van der Waals surface area contributed by atoms with Crippen LogP contribution in [0.1, 0.15) is 73.1 Å². The maximum atomic E-state index is 13.9. The van der Waals surface area contributed by atoms with Gasteiger partial charge in [-0.2, -0.15) is 5.10 Å². The normalized spacial score (nSPS) is 25.4. The molecule has 3 heterocycles. The highest BCUT2D eigenvalue weighted by Gasteiger charge is 2.44. The minimum atomic E-state index is -0.224. The molecule has 0 radical (unpaired) electrons. The molecule has 5 nitrogen and oxygen atoms in total. The number of aromatic nitrogens is 2. The van der Waals surface area contributed by atoms with Crippen molar-refractivity contribution < 1.29 is 9.18 Å². The van der Waals surface area contributed by atoms with Gasteiger partial charge in [0.25, 0.3) is 5.91 Å². The van der Waals surface area contributed by atoms with E-state index in [2.05, 4.69) is 29.4 Å². The SMILES string of the molecule is CC(C)c1cc(C(=O)N2C[C@@H](c3cccc(F)c3)[C@@H]3NCCCCC[C@H]32)n[nH]1. The lowest BCUT2D eigenvalue weighted by atomic mass is 9.88. The summed E-state index contributed by atoms with van der Waals surface area (Å²) in [6.45, 7) is 5.68. The predicted molar refractivity (Wildman–Crippen MR) is 107 cm³/mol. The Morgan fingerprint density at radius 3 is 2.86 bits per heavy atom. The zero-order valence-corrected chi connectivity index (χ0v) is 16.6. The van der Waals surface area contributed by atoms with Gasteiger partial charge in [0.1, 0.15) is 11.5 Å². The van der Waals surface area contributed by atoms with E-state index in [0.717, 1.165) is 37.1 Å². The Balaban J connectivity index is 1.64. The van der Waals surface area contributed by atoms with Crippen LogP contribution in [0, 0.1) is 5.82 Å². The zero-order valence-electron chi connectivity index (χ0n) is 16.6. The third kappa shape index (κ3) is 3.70. The molecule has 6 heteroatoms. The molecule has 0 bridgehead atoms. The monoisotopic (exact) mass is 384 g/mol. The van der Waals surface area contributed by atoms with Crippen LogP contribution < -0.4 is 5.32 Å². The van der Waals surface area contributed by atoms with E-state index >= 15 is 0 Å². The Kier molecular flexibility index (Phi) is 5.49. The number of fused-ring (bicyclic) bond motifs is 1. The summed E-state index contributed by atoms with van der Waals surface area (Å²) < 4.78 is 13.9. The third-order valence-corrected chi connectivity index (χ3v) is 6.17. The van der Waals surface area contributed by atoms with Crippen molar-refractivity contribution >= 4 is 5.91 Å². The number of amides is 1. The number of nitrogens with zero attached hydrogens (tertiary/aromatic N) is 2. The number of H-pyrrole nitrogens is 1. The standard InChI is InChI=1S/C22H29FN4O/c1-14(2)18-12-19(26-25-18)22(28)27-13-17(15-7-6-8-16(23)11-15)21-20(27)9-4-3-5-10-24-21/h6-8,11-12,14,17,20-21,24H,3-5,9-10,13H2,1-2H3,(H,25,26)/t17-,20+,21-/m0/s1. The summed E-state index contributed by atoms with van der Waals surface area (Å²) in [6, 6.07) is 8.95. The number of carbonyl (C=O) groups is 1. The van der Waals surface area contributed by atoms with E-state index in [4.69, 9.17) is 0 Å². The van der Waals surface area contributed by atoms with Crippen LogP contribution in [0.4, 0.5) is 4.39 Å². The Hall–Kier alpha value is -2.21. The largest absolute Gasteiger partial charge is 0.332 e. The fourth-order valence-electron chi connectivity index (χ4n) is 4.63. The minimum absolute atomic E-state index is 0.0283. The fraction of sp³-hybridized carbons (Fsp3) is 0.545. The maximum absolute atomic E-state index is 13.9. The van der Waals surface area contributed by atoms with Gasteiger partial charge in [0.05, 0.1) is 0 Å². The van der Waals surface area contributed by atoms with Gasteiger partial charge < -0.3 is 10.2 Å². The van der Waals surface area contributed by atoms with Gasteiger partial charge >= 0.3 is 0 Å². The number of carbonyl (C=O) groups excluding carboxylic acids is 1. The van der Waals surface area contributed by atoms with E-state index < -0.39 is 0 Å². The summed E-state index contributed by atoms with van der Waals surface area (Å²) in [5.74, 6) is 0.132. The molecule has 2 aromatic rings. The van der Waals surface area contributed by atoms with Gasteiger partial charge in [-0.15, -0.1) is 0 Å². The molecule has 1 aromatic carbocycles. The number of hydrogen-bond acceptors (Lipinski definition) is 3. The fourth-order valence-corrected chi connectivity index (χ4v) is 4.63. The smallest absolute Gasteiger partial charge is 0.274 e. The summed E-state index contributed by atoms with van der Waals surface area (Å²) in [4.78, 5) is 15.3. The van der Waals surface area contributed by atoms with Gasteiger partial charge in [-0.1, -0.05) is 38.8 Å². The van der Waals surface area contributed by atoms with Gasteiger partial charge in [-0.25, -0.2) is 4.39 Å². The second-order valence-corrected chi connectivity index (χ2v) is 8.38. The number of halogens is 1. The topological polar surface area (TPSA) is 61.0 Å². The van der Waals surface area contributed by atoms with Crippen LogP contribution in [0.3, 0.4) is 0 Å². The van der Waals surface area contributed by atoms with Crippen LogP contribution in [0.15, 0.2) is 30.3 Å². The van der Waals surface area contributed by atoms with Crippen molar-refractivity contribution in [3.05, 3.63) is 53.1 Å². The molecule has 0 spiro atoms. The van der Waals surface area contributed by atoms with Crippen LogP contribution in [0.25, 0.3) is 0 Å². The van der Waals surface area contributed by atoms with Crippen molar-refractivity contribution in [3.63, 3.8) is 0 Å². The minimum Gasteiger partial charge on any atom is -0.332 e. The van der Waals surface area contributed by atoms with Crippen molar-refractivity contribution in [2.45, 2.75) is 63.5 Å². The van der Waals surface area contributed by atoms with Crippen molar-refractivity contribution in [2.75, 3.05) is 13.1 Å². The molecule has 0 saturated carbocycles. The number of benzene rings is 1. The summed E-state index contributed by atoms with van der Waals surface area (Å²) in [5, 5.41) is 10.9. The average molecular weight is 384 g/mol. The Labute approximate surface area is 165 Å². The van der Waals surface area contributed by atoms with Crippen molar-refractivity contribution in [2.24, 2.45) is 0 Å². The first-order valence-electron chi connectivity index (χ1n) is 10.4. The number of nitrogens with one attached hydrogen (secondary N) is 2. The summed E-state index contributed by atoms with van der Waals surface area (Å²) in [7, 11) is 0. The number of likely N-dealkylation sites (tertiary alicyclic amines) is 1. The van der Waals surface area contributed by atoms with E-state index in [9.17, 15) is 9.18 Å². The second kappa shape index (κ2) is 8.03. The molecule has 2 fully saturated rings. The molecule has 150 valence electrons. The van der Waals surface area contributed by atoms with Crippen LogP contribution in [0.2, 0.25) is 0 Å². The molecule has 0 unspecified atom stereocenters. The summed E-state index contributed by atoms with van der Waals surface area (Å²) in [5.41, 5.74) is 2.41. The molecular weight excluding hydrogens is 355 g/mol. The summed E-state index contributed by atoms with van der Waals surface area (Å²) >= 11 is 0. The van der Waals surface area contributed by atoms with Gasteiger partial charge in [0.2, 0.25) is 0 Å². The molecule has 2 saturated heterocycles. The Bertz CT molecular complexity index is 833. The molecule has 3 atom stereocenters. The lowest BCUT2D eigenvalue weighted by molar-refractivity contribution is 0.0707. The Morgan fingerprint density at radius 1 is 1.25 bits per heavy atom. The van der Waals surface area contributed by atoms with Gasteiger partial charge in [0.15, 0.2) is 0 Å². The molecule has 1 aromatic heterocycles. The second-order valence-electron chi connectivity index (χ2n) is 8.38. The van der Waals surface area contributed by atoms with Crippen molar-refractivity contribution in [1.82, 2.24) is 20.4 Å². The number of hydrogen-bond donors (Lipinski definition) is 2. The lowest BCUT2D eigenvalue weighted by Crippen LogP contribution is -2.47. The van der Waals surface area contributed by atoms with Crippen LogP contribution in [-0.2, 0) is 0 Å². The van der Waals surface area contributed by atoms with E-state index in [-0.39, 0.29) is 29.7 Å². The lowest BCUT2D eigenvalue weighted by Gasteiger charge is -2.31. The molecule has 2 aliphatic rings. The van der Waals surface area contributed by atoms with Gasteiger partial charge in [0, 0.05) is 30.2 Å². The first-order chi connectivity index (χ1) is 13.5. The number of rotatable bonds is 3. The highest BCUT2D eigenvalue weighted by atomic mass is 19.1. The quantitative estimate of drug-likeness (QED) is 0.846.